The summed E-state index contributed by atoms with van der Waals surface area (Å²) in [5.74, 6) is 0. The van der Waals surface area contributed by atoms with Gasteiger partial charge < -0.3 is 10.0 Å². The molecule has 0 heterocycles. The molecule has 0 unspecified atom stereocenters. The topological polar surface area (TPSA) is 47.3 Å². The summed E-state index contributed by atoms with van der Waals surface area (Å²) in [6.45, 7) is 4.57. The van der Waals surface area contributed by atoms with E-state index >= 15 is 0 Å². The summed E-state index contributed by atoms with van der Waals surface area (Å²) in [6, 6.07) is 7.49. The molecule has 86 valence electrons. The maximum atomic E-state index is 9.03. The molecule has 0 aromatic heterocycles. The number of anilines is 1. The Morgan fingerprint density at radius 2 is 2.19 bits per heavy atom. The van der Waals surface area contributed by atoms with Gasteiger partial charge in [0.2, 0.25) is 0 Å². The highest BCUT2D eigenvalue weighted by atomic mass is 35.5. The van der Waals surface area contributed by atoms with E-state index in [4.69, 9.17) is 22.0 Å². The fourth-order valence-corrected chi connectivity index (χ4v) is 1.77. The van der Waals surface area contributed by atoms with E-state index in [0.717, 1.165) is 5.69 Å². The van der Waals surface area contributed by atoms with E-state index in [2.05, 4.69) is 6.07 Å². The van der Waals surface area contributed by atoms with Gasteiger partial charge in [-0.1, -0.05) is 11.6 Å². The van der Waals surface area contributed by atoms with Gasteiger partial charge in [0, 0.05) is 17.6 Å². The van der Waals surface area contributed by atoms with E-state index in [9.17, 15) is 0 Å². The molecule has 1 N–H and O–H groups in total. The number of nitriles is 1. The quantitative estimate of drug-likeness (QED) is 0.877. The van der Waals surface area contributed by atoms with Gasteiger partial charge in [0.05, 0.1) is 17.9 Å². The van der Waals surface area contributed by atoms with Crippen molar-refractivity contribution in [2.45, 2.75) is 19.9 Å². The van der Waals surface area contributed by atoms with Gasteiger partial charge in [-0.05, 0) is 32.0 Å². The van der Waals surface area contributed by atoms with Gasteiger partial charge >= 0.3 is 0 Å². The Morgan fingerprint density at radius 1 is 1.50 bits per heavy atom. The van der Waals surface area contributed by atoms with Crippen LogP contribution in [0, 0.1) is 11.3 Å². The molecule has 0 amide bonds. The largest absolute Gasteiger partial charge is 0.395 e. The second-order valence-corrected chi connectivity index (χ2v) is 4.22. The third-order valence-corrected chi connectivity index (χ3v) is 2.59. The molecule has 0 aliphatic carbocycles. The van der Waals surface area contributed by atoms with E-state index in [1.807, 2.05) is 18.7 Å². The van der Waals surface area contributed by atoms with Crippen LogP contribution in [0.3, 0.4) is 0 Å². The number of hydrogen-bond acceptors (Lipinski definition) is 3. The summed E-state index contributed by atoms with van der Waals surface area (Å²) in [6.07, 6.45) is 0. The van der Waals surface area contributed by atoms with Crippen LogP contribution in [-0.4, -0.2) is 24.3 Å². The Bertz CT molecular complexity index is 398. The number of hydrogen-bond donors (Lipinski definition) is 1. The summed E-state index contributed by atoms with van der Waals surface area (Å²) >= 11 is 5.92. The number of halogens is 1. The lowest BCUT2D eigenvalue weighted by Gasteiger charge is -2.29. The van der Waals surface area contributed by atoms with Gasteiger partial charge in [-0.15, -0.1) is 0 Å². The molecule has 16 heavy (non-hydrogen) atoms. The van der Waals surface area contributed by atoms with Crippen molar-refractivity contribution in [3.05, 3.63) is 28.8 Å². The van der Waals surface area contributed by atoms with E-state index in [1.54, 1.807) is 18.2 Å². The zero-order valence-electron chi connectivity index (χ0n) is 9.44. The predicted octanol–water partition coefficient (Wildman–Crippen LogP) is 2.42. The number of aliphatic hydroxyl groups excluding tert-OH is 1. The van der Waals surface area contributed by atoms with E-state index in [-0.39, 0.29) is 12.6 Å². The Hall–Kier alpha value is -1.24. The van der Waals surface area contributed by atoms with Crippen LogP contribution in [0.1, 0.15) is 19.4 Å². The lowest BCUT2D eigenvalue weighted by Crippen LogP contribution is -2.34. The van der Waals surface area contributed by atoms with Crippen LogP contribution >= 0.6 is 11.6 Å². The van der Waals surface area contributed by atoms with Crippen LogP contribution in [-0.2, 0) is 0 Å². The molecule has 3 nitrogen and oxygen atoms in total. The van der Waals surface area contributed by atoms with Crippen molar-refractivity contribution >= 4 is 17.3 Å². The average molecular weight is 239 g/mol. The molecule has 0 bridgehead atoms. The molecule has 1 rings (SSSR count). The van der Waals surface area contributed by atoms with Gasteiger partial charge in [0.15, 0.2) is 0 Å². The molecule has 1 aromatic rings. The maximum absolute atomic E-state index is 9.03. The molecular formula is C12H15ClN2O. The fraction of sp³-hybridized carbons (Fsp3) is 0.417. The van der Waals surface area contributed by atoms with Crippen LogP contribution in [0.25, 0.3) is 0 Å². The van der Waals surface area contributed by atoms with Gasteiger partial charge in [0.25, 0.3) is 0 Å². The van der Waals surface area contributed by atoms with Crippen molar-refractivity contribution in [2.75, 3.05) is 18.1 Å². The Labute approximate surface area is 101 Å². The van der Waals surface area contributed by atoms with E-state index < -0.39 is 0 Å². The number of nitrogens with zero attached hydrogens (tertiary/aromatic N) is 2. The minimum absolute atomic E-state index is 0.0512. The van der Waals surface area contributed by atoms with Gasteiger partial charge in [0.1, 0.15) is 6.07 Å². The number of benzene rings is 1. The summed E-state index contributed by atoms with van der Waals surface area (Å²) in [4.78, 5) is 1.96. The summed E-state index contributed by atoms with van der Waals surface area (Å²) in [5.41, 5.74) is 1.35. The minimum Gasteiger partial charge on any atom is -0.395 e. The van der Waals surface area contributed by atoms with Gasteiger partial charge in [-0.3, -0.25) is 0 Å². The van der Waals surface area contributed by atoms with Crippen molar-refractivity contribution in [2.24, 2.45) is 0 Å². The number of aliphatic hydroxyl groups is 1. The molecule has 1 aromatic carbocycles. The molecule has 4 heteroatoms. The van der Waals surface area contributed by atoms with Crippen LogP contribution < -0.4 is 4.90 Å². The first kappa shape index (κ1) is 12.8. The van der Waals surface area contributed by atoms with Gasteiger partial charge in [-0.25, -0.2) is 0 Å². The molecule has 0 radical (unpaired) electrons. The van der Waals surface area contributed by atoms with Crippen LogP contribution in [0.4, 0.5) is 5.69 Å². The molecule has 0 aliphatic heterocycles. The second kappa shape index (κ2) is 5.74. The molecule has 0 atom stereocenters. The lowest BCUT2D eigenvalue weighted by molar-refractivity contribution is 0.299. The first-order chi connectivity index (χ1) is 7.60. The van der Waals surface area contributed by atoms with E-state index in [0.29, 0.717) is 17.1 Å². The lowest BCUT2D eigenvalue weighted by atomic mass is 10.1. The molecule has 0 fully saturated rings. The normalized spacial score (nSPS) is 10.2. The first-order valence-corrected chi connectivity index (χ1v) is 5.55. The second-order valence-electron chi connectivity index (χ2n) is 3.78. The molecule has 0 spiro atoms. The van der Waals surface area contributed by atoms with Crippen LogP contribution in [0.5, 0.6) is 0 Å². The zero-order chi connectivity index (χ0) is 12.1. The number of rotatable bonds is 4. The third kappa shape index (κ3) is 2.88. The standard InChI is InChI=1S/C12H15ClN2O/c1-9(2)15(5-6-16)12-7-11(13)4-3-10(12)8-14/h3-4,7,9,16H,5-6H2,1-2H3. The maximum Gasteiger partial charge on any atom is 0.101 e. The van der Waals surface area contributed by atoms with Gasteiger partial charge in [-0.2, -0.15) is 5.26 Å². The molecule has 0 saturated carbocycles. The minimum atomic E-state index is 0.0512. The highest BCUT2D eigenvalue weighted by Gasteiger charge is 2.14. The highest BCUT2D eigenvalue weighted by Crippen LogP contribution is 2.25. The van der Waals surface area contributed by atoms with Crippen molar-refractivity contribution in [1.82, 2.24) is 0 Å². The fourth-order valence-electron chi connectivity index (χ4n) is 1.60. The van der Waals surface area contributed by atoms with Crippen LogP contribution in [0.15, 0.2) is 18.2 Å². The molecule has 0 saturated heterocycles. The summed E-state index contributed by atoms with van der Waals surface area (Å²) in [5, 5.41) is 18.6. The monoisotopic (exact) mass is 238 g/mol. The van der Waals surface area contributed by atoms with Crippen molar-refractivity contribution in [3.63, 3.8) is 0 Å². The smallest absolute Gasteiger partial charge is 0.101 e. The Balaban J connectivity index is 3.17. The molecular weight excluding hydrogens is 224 g/mol. The van der Waals surface area contributed by atoms with E-state index in [1.165, 1.54) is 0 Å². The Kier molecular flexibility index (Phi) is 4.60. The van der Waals surface area contributed by atoms with Crippen LogP contribution in [0.2, 0.25) is 5.02 Å². The third-order valence-electron chi connectivity index (χ3n) is 2.35. The zero-order valence-corrected chi connectivity index (χ0v) is 10.2. The van der Waals surface area contributed by atoms with Crippen molar-refractivity contribution in [1.29, 1.82) is 5.26 Å². The molecule has 0 aliphatic rings. The van der Waals surface area contributed by atoms with Crippen molar-refractivity contribution < 1.29 is 5.11 Å². The van der Waals surface area contributed by atoms with Crippen molar-refractivity contribution in [3.8, 4) is 6.07 Å². The summed E-state index contributed by atoms with van der Waals surface area (Å²) < 4.78 is 0. The summed E-state index contributed by atoms with van der Waals surface area (Å²) in [7, 11) is 0. The predicted molar refractivity (Wildman–Crippen MR) is 65.7 cm³/mol. The SMILES string of the molecule is CC(C)N(CCO)c1cc(Cl)ccc1C#N. The average Bonchev–Trinajstić information content (AvgIpc) is 2.25. The first-order valence-electron chi connectivity index (χ1n) is 5.17. The highest BCUT2D eigenvalue weighted by molar-refractivity contribution is 6.30. The Morgan fingerprint density at radius 3 is 2.69 bits per heavy atom.